The van der Waals surface area contributed by atoms with Crippen LogP contribution >= 0.6 is 22.9 Å². The smallest absolute Gasteiger partial charge is 0.265 e. The van der Waals surface area contributed by atoms with Gasteiger partial charge in [0.2, 0.25) is 5.91 Å². The topological polar surface area (TPSA) is 75.4 Å². The molecule has 2 heterocycles. The largest absolute Gasteiger partial charge is 0.355 e. The SMILES string of the molecule is Cc1csc(C(=O)N2CCCC(C(=O)NCCN)C2)c1Cl. The van der Waals surface area contributed by atoms with Crippen molar-refractivity contribution in [3.8, 4) is 0 Å². The number of thiophene rings is 1. The highest BCUT2D eigenvalue weighted by molar-refractivity contribution is 7.13. The van der Waals surface area contributed by atoms with Crippen molar-refractivity contribution in [3.63, 3.8) is 0 Å². The van der Waals surface area contributed by atoms with E-state index in [1.807, 2.05) is 12.3 Å². The van der Waals surface area contributed by atoms with E-state index in [0.29, 0.717) is 36.1 Å². The van der Waals surface area contributed by atoms with E-state index in [4.69, 9.17) is 17.3 Å². The van der Waals surface area contributed by atoms with E-state index in [2.05, 4.69) is 5.32 Å². The summed E-state index contributed by atoms with van der Waals surface area (Å²) in [6.07, 6.45) is 1.63. The van der Waals surface area contributed by atoms with E-state index in [-0.39, 0.29) is 17.7 Å². The first-order valence-electron chi connectivity index (χ1n) is 7.05. The molecule has 1 aliphatic heterocycles. The highest BCUT2D eigenvalue weighted by atomic mass is 35.5. The molecule has 2 amide bonds. The molecule has 116 valence electrons. The predicted molar refractivity (Wildman–Crippen MR) is 84.8 cm³/mol. The van der Waals surface area contributed by atoms with Crippen LogP contribution in [0.25, 0.3) is 0 Å². The van der Waals surface area contributed by atoms with E-state index < -0.39 is 0 Å². The molecule has 0 spiro atoms. The van der Waals surface area contributed by atoms with Gasteiger partial charge < -0.3 is 16.0 Å². The van der Waals surface area contributed by atoms with Gasteiger partial charge in [-0.2, -0.15) is 0 Å². The van der Waals surface area contributed by atoms with Gasteiger partial charge in [0.1, 0.15) is 4.88 Å². The fraction of sp³-hybridized carbons (Fsp3) is 0.571. The average Bonchev–Trinajstić information content (AvgIpc) is 2.84. The van der Waals surface area contributed by atoms with Crippen LogP contribution < -0.4 is 11.1 Å². The number of aryl methyl sites for hydroxylation is 1. The Kier molecular flexibility index (Phi) is 5.61. The molecule has 1 unspecified atom stereocenters. The Morgan fingerprint density at radius 3 is 2.95 bits per heavy atom. The first-order valence-corrected chi connectivity index (χ1v) is 8.31. The van der Waals surface area contributed by atoms with Crippen molar-refractivity contribution >= 4 is 34.8 Å². The number of piperidine rings is 1. The van der Waals surface area contributed by atoms with Crippen molar-refractivity contribution in [2.75, 3.05) is 26.2 Å². The molecule has 0 radical (unpaired) electrons. The monoisotopic (exact) mass is 329 g/mol. The van der Waals surface area contributed by atoms with E-state index in [0.717, 1.165) is 18.4 Å². The molecule has 0 bridgehead atoms. The summed E-state index contributed by atoms with van der Waals surface area (Å²) >= 11 is 7.52. The molecule has 1 saturated heterocycles. The first-order chi connectivity index (χ1) is 10.0. The molecule has 1 atom stereocenters. The van der Waals surface area contributed by atoms with Gasteiger partial charge in [0.25, 0.3) is 5.91 Å². The van der Waals surface area contributed by atoms with Crippen LogP contribution in [0.5, 0.6) is 0 Å². The molecule has 3 N–H and O–H groups in total. The maximum Gasteiger partial charge on any atom is 0.265 e. The van der Waals surface area contributed by atoms with Gasteiger partial charge in [0.15, 0.2) is 0 Å². The van der Waals surface area contributed by atoms with Crippen molar-refractivity contribution in [2.45, 2.75) is 19.8 Å². The van der Waals surface area contributed by atoms with Gasteiger partial charge in [-0.05, 0) is 30.7 Å². The summed E-state index contributed by atoms with van der Waals surface area (Å²) in [7, 11) is 0. The van der Waals surface area contributed by atoms with Gasteiger partial charge in [-0.1, -0.05) is 11.6 Å². The summed E-state index contributed by atoms with van der Waals surface area (Å²) < 4.78 is 0. The predicted octanol–water partition coefficient (Wildman–Crippen LogP) is 1.64. The number of nitrogens with one attached hydrogen (secondary N) is 1. The summed E-state index contributed by atoms with van der Waals surface area (Å²) in [6, 6.07) is 0. The van der Waals surface area contributed by atoms with Crippen LogP contribution in [0, 0.1) is 12.8 Å². The highest BCUT2D eigenvalue weighted by Crippen LogP contribution is 2.29. The molecule has 0 aliphatic carbocycles. The third-order valence-corrected chi connectivity index (χ3v) is 5.30. The number of amides is 2. The number of nitrogens with zero attached hydrogens (tertiary/aromatic N) is 1. The van der Waals surface area contributed by atoms with Gasteiger partial charge in [-0.3, -0.25) is 9.59 Å². The van der Waals surface area contributed by atoms with Crippen molar-refractivity contribution in [1.29, 1.82) is 0 Å². The van der Waals surface area contributed by atoms with Gasteiger partial charge in [0.05, 0.1) is 10.9 Å². The molecular formula is C14H20ClN3O2S. The lowest BCUT2D eigenvalue weighted by Gasteiger charge is -2.31. The van der Waals surface area contributed by atoms with Crippen LogP contribution in [0.3, 0.4) is 0 Å². The van der Waals surface area contributed by atoms with E-state index in [9.17, 15) is 9.59 Å². The van der Waals surface area contributed by atoms with Gasteiger partial charge >= 0.3 is 0 Å². The number of nitrogens with two attached hydrogens (primary N) is 1. The van der Waals surface area contributed by atoms with E-state index >= 15 is 0 Å². The molecule has 0 aromatic carbocycles. The number of halogens is 1. The highest BCUT2D eigenvalue weighted by Gasteiger charge is 2.30. The summed E-state index contributed by atoms with van der Waals surface area (Å²) in [4.78, 5) is 26.8. The normalized spacial score (nSPS) is 18.6. The van der Waals surface area contributed by atoms with Crippen molar-refractivity contribution in [3.05, 3.63) is 20.8 Å². The second-order valence-electron chi connectivity index (χ2n) is 5.23. The zero-order valence-corrected chi connectivity index (χ0v) is 13.6. The molecule has 21 heavy (non-hydrogen) atoms. The van der Waals surface area contributed by atoms with Gasteiger partial charge in [-0.15, -0.1) is 11.3 Å². The summed E-state index contributed by atoms with van der Waals surface area (Å²) in [6.45, 7) is 3.90. The molecule has 2 rings (SSSR count). The molecule has 0 saturated carbocycles. The summed E-state index contributed by atoms with van der Waals surface area (Å²) in [5.41, 5.74) is 6.30. The number of rotatable bonds is 4. The fourth-order valence-electron chi connectivity index (χ4n) is 2.43. The molecule has 5 nitrogen and oxygen atoms in total. The lowest BCUT2D eigenvalue weighted by molar-refractivity contribution is -0.126. The van der Waals surface area contributed by atoms with Gasteiger partial charge in [0, 0.05) is 26.2 Å². The number of hydrogen-bond donors (Lipinski definition) is 2. The molecule has 1 aliphatic rings. The average molecular weight is 330 g/mol. The van der Waals surface area contributed by atoms with Crippen LogP contribution in [-0.4, -0.2) is 42.9 Å². The fourth-order valence-corrected chi connectivity index (χ4v) is 3.67. The molecule has 1 aromatic heterocycles. The van der Waals surface area contributed by atoms with Crippen molar-refractivity contribution < 1.29 is 9.59 Å². The minimum atomic E-state index is -0.158. The number of hydrogen-bond acceptors (Lipinski definition) is 4. The van der Waals surface area contributed by atoms with Crippen LogP contribution in [0.1, 0.15) is 28.1 Å². The zero-order chi connectivity index (χ0) is 15.4. The lowest BCUT2D eigenvalue weighted by atomic mass is 9.97. The second-order valence-corrected chi connectivity index (χ2v) is 6.49. The third kappa shape index (κ3) is 3.75. The minimum Gasteiger partial charge on any atom is -0.355 e. The summed E-state index contributed by atoms with van der Waals surface area (Å²) in [5, 5.41) is 5.20. The Labute approximate surface area is 133 Å². The van der Waals surface area contributed by atoms with Crippen LogP contribution in [-0.2, 0) is 4.79 Å². The number of likely N-dealkylation sites (tertiary alicyclic amines) is 1. The van der Waals surface area contributed by atoms with E-state index in [1.54, 1.807) is 4.90 Å². The number of carbonyl (C=O) groups excluding carboxylic acids is 2. The number of carbonyl (C=O) groups is 2. The Bertz CT molecular complexity index is 532. The Morgan fingerprint density at radius 1 is 1.57 bits per heavy atom. The summed E-state index contributed by atoms with van der Waals surface area (Å²) in [5.74, 6) is -0.255. The van der Waals surface area contributed by atoms with Crippen molar-refractivity contribution in [1.82, 2.24) is 10.2 Å². The molecular weight excluding hydrogens is 310 g/mol. The van der Waals surface area contributed by atoms with Crippen LogP contribution in [0.15, 0.2) is 5.38 Å². The lowest BCUT2D eigenvalue weighted by Crippen LogP contribution is -2.46. The first kappa shape index (κ1) is 16.3. The standard InChI is InChI=1S/C14H20ClN3O2S/c1-9-8-21-12(11(9)15)14(20)18-6-2-3-10(7-18)13(19)17-5-4-16/h8,10H,2-7,16H2,1H3,(H,17,19). The molecule has 1 aromatic rings. The Balaban J connectivity index is 2.02. The molecule has 7 heteroatoms. The zero-order valence-electron chi connectivity index (χ0n) is 12.0. The second kappa shape index (κ2) is 7.24. The Hall–Kier alpha value is -1.11. The maximum atomic E-state index is 12.5. The molecule has 1 fully saturated rings. The van der Waals surface area contributed by atoms with Crippen LogP contribution in [0.4, 0.5) is 0 Å². The Morgan fingerprint density at radius 2 is 2.33 bits per heavy atom. The quantitative estimate of drug-likeness (QED) is 0.881. The van der Waals surface area contributed by atoms with Gasteiger partial charge in [-0.25, -0.2) is 0 Å². The third-order valence-electron chi connectivity index (χ3n) is 3.62. The van der Waals surface area contributed by atoms with Crippen LogP contribution in [0.2, 0.25) is 5.02 Å². The maximum absolute atomic E-state index is 12.5. The minimum absolute atomic E-state index is 0.0218. The van der Waals surface area contributed by atoms with E-state index in [1.165, 1.54) is 11.3 Å². The van der Waals surface area contributed by atoms with Crippen molar-refractivity contribution in [2.24, 2.45) is 11.7 Å².